The van der Waals surface area contributed by atoms with E-state index in [9.17, 15) is 13.2 Å². The molecule has 4 rings (SSSR count). The summed E-state index contributed by atoms with van der Waals surface area (Å²) < 4.78 is 37.3. The zero-order valence-electron chi connectivity index (χ0n) is 17.6. The Labute approximate surface area is 190 Å². The number of carbonyl (C=O) groups is 1. The van der Waals surface area contributed by atoms with Gasteiger partial charge < -0.3 is 5.32 Å². The van der Waals surface area contributed by atoms with Gasteiger partial charge >= 0.3 is 0 Å². The predicted octanol–water partition coefficient (Wildman–Crippen LogP) is 3.84. The predicted molar refractivity (Wildman–Crippen MR) is 126 cm³/mol. The van der Waals surface area contributed by atoms with Gasteiger partial charge in [0, 0.05) is 5.69 Å². The van der Waals surface area contributed by atoms with Crippen molar-refractivity contribution in [1.29, 1.82) is 0 Å². The Kier molecular flexibility index (Phi) is 6.31. The summed E-state index contributed by atoms with van der Waals surface area (Å²) in [7, 11) is -4.04. The van der Waals surface area contributed by atoms with Gasteiger partial charge in [-0.05, 0) is 61.2 Å². The molecule has 0 aliphatic heterocycles. The zero-order chi connectivity index (χ0) is 22.7. The summed E-state index contributed by atoms with van der Waals surface area (Å²) in [6, 6.07) is 18.7. The largest absolute Gasteiger partial charge is 0.325 e. The van der Waals surface area contributed by atoms with Gasteiger partial charge in [0.25, 0.3) is 0 Å². The van der Waals surface area contributed by atoms with Crippen molar-refractivity contribution in [2.24, 2.45) is 0 Å². The van der Waals surface area contributed by atoms with Gasteiger partial charge in [0.05, 0.1) is 11.7 Å². The van der Waals surface area contributed by atoms with Crippen LogP contribution >= 0.6 is 11.7 Å². The zero-order valence-corrected chi connectivity index (χ0v) is 19.2. The van der Waals surface area contributed by atoms with Crippen LogP contribution in [0.2, 0.25) is 0 Å². The van der Waals surface area contributed by atoms with Crippen molar-refractivity contribution >= 4 is 44.4 Å². The summed E-state index contributed by atoms with van der Waals surface area (Å²) >= 11 is 0.944. The first-order chi connectivity index (χ1) is 15.3. The molecule has 0 spiro atoms. The first-order valence-corrected chi connectivity index (χ1v) is 12.2. The third kappa shape index (κ3) is 5.01. The molecule has 7 nitrogen and oxygen atoms in total. The Morgan fingerprint density at radius 3 is 2.41 bits per heavy atom. The van der Waals surface area contributed by atoms with Gasteiger partial charge in [-0.2, -0.15) is 13.5 Å². The van der Waals surface area contributed by atoms with E-state index in [1.54, 1.807) is 12.1 Å². The fourth-order valence-electron chi connectivity index (χ4n) is 3.56. The summed E-state index contributed by atoms with van der Waals surface area (Å²) in [5.74, 6) is -0.439. The molecule has 32 heavy (non-hydrogen) atoms. The van der Waals surface area contributed by atoms with Gasteiger partial charge in [0.15, 0.2) is 0 Å². The first-order valence-electron chi connectivity index (χ1n) is 9.98. The fraction of sp³-hybridized carbons (Fsp3) is 0.174. The second-order valence-electron chi connectivity index (χ2n) is 7.62. The topological polar surface area (TPSA) is 101 Å². The van der Waals surface area contributed by atoms with Crippen molar-refractivity contribution in [2.75, 3.05) is 5.32 Å². The first kappa shape index (κ1) is 22.1. The maximum atomic E-state index is 13.3. The minimum atomic E-state index is -4.04. The molecule has 0 unspecified atom stereocenters. The Hall–Kier alpha value is -3.14. The van der Waals surface area contributed by atoms with Crippen LogP contribution in [0.15, 0.2) is 71.6 Å². The molecule has 1 atom stereocenters. The van der Waals surface area contributed by atoms with Crippen molar-refractivity contribution < 1.29 is 13.2 Å². The molecule has 1 aromatic heterocycles. The average Bonchev–Trinajstić information content (AvgIpc) is 3.22. The lowest BCUT2D eigenvalue weighted by atomic mass is 10.1. The molecule has 164 valence electrons. The van der Waals surface area contributed by atoms with E-state index in [1.807, 2.05) is 62.4 Å². The molecule has 0 bridgehead atoms. The molecule has 0 aliphatic rings. The lowest BCUT2D eigenvalue weighted by molar-refractivity contribution is -0.117. The molecule has 3 aromatic carbocycles. The molecule has 0 radical (unpaired) electrons. The standard InChI is InChI=1S/C23H22N4O3S2/c1-15-11-16(2)13-18(12-15)24-23(28)20(14-17-7-4-3-5-8-17)27-32(29,30)21-10-6-9-19-22(21)26-31-25-19/h3-13,20,27H,14H2,1-2H3,(H,24,28)/t20-/m1/s1. The summed E-state index contributed by atoms with van der Waals surface area (Å²) in [4.78, 5) is 13.2. The number of carbonyl (C=O) groups excluding carboxylic acids is 1. The maximum Gasteiger partial charge on any atom is 0.243 e. The summed E-state index contributed by atoms with van der Waals surface area (Å²) in [6.45, 7) is 3.88. The van der Waals surface area contributed by atoms with Crippen LogP contribution < -0.4 is 10.0 Å². The SMILES string of the molecule is Cc1cc(C)cc(NC(=O)[C@@H](Cc2ccccc2)NS(=O)(=O)c2cccc3nsnc23)c1. The number of hydrogen-bond donors (Lipinski definition) is 2. The van der Waals surface area contributed by atoms with Crippen LogP contribution in [0.25, 0.3) is 11.0 Å². The van der Waals surface area contributed by atoms with Gasteiger partial charge in [-0.3, -0.25) is 4.79 Å². The van der Waals surface area contributed by atoms with Crippen LogP contribution in [0.4, 0.5) is 5.69 Å². The number of aryl methyl sites for hydroxylation is 2. The maximum absolute atomic E-state index is 13.3. The molecule has 1 amide bonds. The molecule has 1 heterocycles. The van der Waals surface area contributed by atoms with E-state index in [1.165, 1.54) is 6.07 Å². The number of nitrogens with one attached hydrogen (secondary N) is 2. The number of anilines is 1. The van der Waals surface area contributed by atoms with Crippen LogP contribution in [-0.2, 0) is 21.2 Å². The van der Waals surface area contributed by atoms with Crippen LogP contribution in [0.3, 0.4) is 0 Å². The lowest BCUT2D eigenvalue weighted by Gasteiger charge is -2.19. The Morgan fingerprint density at radius 1 is 0.969 bits per heavy atom. The fourth-order valence-corrected chi connectivity index (χ4v) is 5.52. The van der Waals surface area contributed by atoms with E-state index in [-0.39, 0.29) is 16.8 Å². The summed E-state index contributed by atoms with van der Waals surface area (Å²) in [6.07, 6.45) is 0.196. The molecule has 0 fully saturated rings. The highest BCUT2D eigenvalue weighted by Gasteiger charge is 2.28. The van der Waals surface area contributed by atoms with Gasteiger partial charge in [-0.1, -0.05) is 42.5 Å². The van der Waals surface area contributed by atoms with Gasteiger partial charge in [0.2, 0.25) is 15.9 Å². The third-order valence-electron chi connectivity index (χ3n) is 4.92. The van der Waals surface area contributed by atoms with E-state index in [0.29, 0.717) is 11.2 Å². The monoisotopic (exact) mass is 466 g/mol. The molecule has 0 aliphatic carbocycles. The number of rotatable bonds is 7. The molecule has 4 aromatic rings. The normalized spacial score (nSPS) is 12.6. The van der Waals surface area contributed by atoms with Crippen molar-refractivity contribution in [2.45, 2.75) is 31.2 Å². The second kappa shape index (κ2) is 9.15. The van der Waals surface area contributed by atoms with Gasteiger partial charge in [0.1, 0.15) is 22.0 Å². The molecule has 2 N–H and O–H groups in total. The third-order valence-corrected chi connectivity index (χ3v) is 6.97. The summed E-state index contributed by atoms with van der Waals surface area (Å²) in [5, 5.41) is 2.86. The minimum Gasteiger partial charge on any atom is -0.325 e. The van der Waals surface area contributed by atoms with E-state index >= 15 is 0 Å². The van der Waals surface area contributed by atoms with Gasteiger partial charge in [-0.15, -0.1) is 0 Å². The van der Waals surface area contributed by atoms with Crippen molar-refractivity contribution in [3.63, 3.8) is 0 Å². The smallest absolute Gasteiger partial charge is 0.243 e. The van der Waals surface area contributed by atoms with E-state index in [2.05, 4.69) is 18.8 Å². The average molecular weight is 467 g/mol. The van der Waals surface area contributed by atoms with Gasteiger partial charge in [-0.25, -0.2) is 8.42 Å². The van der Waals surface area contributed by atoms with Crippen molar-refractivity contribution in [3.8, 4) is 0 Å². The molecular weight excluding hydrogens is 444 g/mol. The number of hydrogen-bond acceptors (Lipinski definition) is 6. The lowest BCUT2D eigenvalue weighted by Crippen LogP contribution is -2.45. The number of nitrogens with zero attached hydrogens (tertiary/aromatic N) is 2. The van der Waals surface area contributed by atoms with Crippen molar-refractivity contribution in [3.05, 3.63) is 83.4 Å². The highest BCUT2D eigenvalue weighted by Crippen LogP contribution is 2.22. The van der Waals surface area contributed by atoms with E-state index in [4.69, 9.17) is 0 Å². The van der Waals surface area contributed by atoms with Crippen LogP contribution in [0, 0.1) is 13.8 Å². The summed E-state index contributed by atoms with van der Waals surface area (Å²) in [5.41, 5.74) is 4.25. The number of fused-ring (bicyclic) bond motifs is 1. The Balaban J connectivity index is 1.65. The molecule has 9 heteroatoms. The number of sulfonamides is 1. The van der Waals surface area contributed by atoms with E-state index < -0.39 is 22.0 Å². The van der Waals surface area contributed by atoms with Crippen LogP contribution in [-0.4, -0.2) is 29.1 Å². The van der Waals surface area contributed by atoms with Crippen molar-refractivity contribution in [1.82, 2.24) is 13.5 Å². The number of benzene rings is 3. The minimum absolute atomic E-state index is 0.000937. The highest BCUT2D eigenvalue weighted by atomic mass is 32.2. The quantitative estimate of drug-likeness (QED) is 0.431. The molecule has 0 saturated carbocycles. The number of aromatic nitrogens is 2. The van der Waals surface area contributed by atoms with E-state index in [0.717, 1.165) is 28.4 Å². The Morgan fingerprint density at radius 2 is 1.69 bits per heavy atom. The number of amides is 1. The second-order valence-corrected chi connectivity index (χ2v) is 9.83. The van der Waals surface area contributed by atoms with Crippen LogP contribution in [0.1, 0.15) is 16.7 Å². The highest BCUT2D eigenvalue weighted by molar-refractivity contribution is 7.89. The molecule has 0 saturated heterocycles. The Bertz CT molecular complexity index is 1350. The molecular formula is C23H22N4O3S2. The van der Waals surface area contributed by atoms with Crippen LogP contribution in [0.5, 0.6) is 0 Å².